The standard InChI is InChI=1S/C65H56N4O.Pt/c1-43-36-62(66-41-56(43)46-29-31-48(32-30-46)64(2,3)4)69-60-39-51(33-34-54(60)55-37-47-22-17-35-65(5,6)57(47)40-61(55)69)70-50-24-15-23-49(38-50)67-42-68(59-28-14-13-27-58(59)67)63-52(44-18-9-7-10-19-44)25-16-26-53(63)45-20-11-8-12-21-45;/h7-16,18-21,23-34,36-41H,17,22,35H2,1-6H3;/i1D3;. The second-order valence-electron chi connectivity index (χ2n) is 20.6. The minimum absolute atomic E-state index is 0.0136. The normalized spacial score (nSPS) is 14.3. The maximum atomic E-state index is 8.83. The van der Waals surface area contributed by atoms with Gasteiger partial charge in [0.05, 0.1) is 0 Å². The maximum absolute atomic E-state index is 8.83. The van der Waals surface area contributed by atoms with Crippen LogP contribution in [0.1, 0.15) is 73.8 Å². The fourth-order valence-electron chi connectivity index (χ4n) is 10.9. The molecule has 12 rings (SSSR count). The molecule has 352 valence electrons. The first-order chi connectivity index (χ1) is 35.6. The van der Waals surface area contributed by atoms with Crippen LogP contribution in [-0.2, 0) is 36.6 Å². The van der Waals surface area contributed by atoms with Crippen molar-refractivity contribution in [2.24, 2.45) is 0 Å². The zero-order valence-electron chi connectivity index (χ0n) is 43.6. The number of ether oxygens (including phenoxy) is 1. The molecule has 6 heteroatoms. The van der Waals surface area contributed by atoms with Crippen LogP contribution < -0.4 is 4.74 Å². The Labute approximate surface area is 431 Å². The monoisotopic (exact) mass is 1110 g/mol. The predicted molar refractivity (Wildman–Crippen MR) is 290 cm³/mol. The zero-order chi connectivity index (χ0) is 51.1. The number of rotatable bonds is 8. The minimum atomic E-state index is -2.40. The van der Waals surface area contributed by atoms with Gasteiger partial charge in [0.25, 0.3) is 0 Å². The molecule has 3 aromatic heterocycles. The number of hydrogen-bond donors (Lipinski definition) is 0. The summed E-state index contributed by atoms with van der Waals surface area (Å²) in [7, 11) is 0. The zero-order valence-corrected chi connectivity index (χ0v) is 42.9. The summed E-state index contributed by atoms with van der Waals surface area (Å²) in [5.41, 5.74) is 16.2. The van der Waals surface area contributed by atoms with Gasteiger partial charge in [-0.2, -0.15) is 0 Å². The van der Waals surface area contributed by atoms with Gasteiger partial charge in [-0.05, 0) is 64.8 Å². The van der Waals surface area contributed by atoms with Gasteiger partial charge in [0, 0.05) is 15.9 Å². The van der Waals surface area contributed by atoms with Crippen LogP contribution in [0.5, 0.6) is 11.5 Å². The summed E-state index contributed by atoms with van der Waals surface area (Å²) in [5.74, 6) is 1.88. The number of imidazole rings is 1. The number of aromatic nitrogens is 4. The van der Waals surface area contributed by atoms with E-state index < -0.39 is 6.85 Å². The molecule has 0 saturated heterocycles. The van der Waals surface area contributed by atoms with Crippen LogP contribution in [0.2, 0.25) is 0 Å². The molecule has 8 aromatic carbocycles. The van der Waals surface area contributed by atoms with Gasteiger partial charge >= 0.3 is 294 Å². The SMILES string of the molecule is [2H]C([2H])([2H])c1cc(-n2c3cc(Oc4cccc(-n5[c](=[Pt])n(-c6c(-c7ccccc7)cccc6-c6ccccc6)c6ccccc65)c4)ccc3c3cc4c(cc32)C(C)(C)CCC4)ncc1-c1ccc(C(C)(C)C)cc1. The minimum Gasteiger partial charge on any atom is -0.0579 e. The van der Waals surface area contributed by atoms with Crippen LogP contribution in [0, 0.1) is 10.7 Å². The summed E-state index contributed by atoms with van der Waals surface area (Å²) >= 11 is 2.48. The van der Waals surface area contributed by atoms with Gasteiger partial charge in [-0.3, -0.25) is 0 Å². The molecule has 0 saturated carbocycles. The van der Waals surface area contributed by atoms with Crippen molar-refractivity contribution >= 4 is 32.8 Å². The fourth-order valence-corrected chi connectivity index (χ4v) is 12.0. The van der Waals surface area contributed by atoms with Gasteiger partial charge < -0.3 is 0 Å². The van der Waals surface area contributed by atoms with Crippen LogP contribution >= 0.6 is 0 Å². The number of benzene rings is 8. The van der Waals surface area contributed by atoms with E-state index >= 15 is 0 Å². The van der Waals surface area contributed by atoms with Crippen molar-refractivity contribution in [3.8, 4) is 62.1 Å². The van der Waals surface area contributed by atoms with Gasteiger partial charge in [-0.1, -0.05) is 58.9 Å². The Kier molecular flexibility index (Phi) is 10.2. The predicted octanol–water partition coefficient (Wildman–Crippen LogP) is 17.0. The van der Waals surface area contributed by atoms with E-state index in [1.165, 1.54) is 16.7 Å². The smallest absolute Gasteiger partial charge is 0.0579 e. The van der Waals surface area contributed by atoms with Crippen molar-refractivity contribution in [2.75, 3.05) is 0 Å². The van der Waals surface area contributed by atoms with Gasteiger partial charge in [-0.15, -0.1) is 0 Å². The average Bonchev–Trinajstić information content (AvgIpc) is 3.88. The van der Waals surface area contributed by atoms with Crippen LogP contribution in [0.3, 0.4) is 0 Å². The molecule has 0 aliphatic heterocycles. The van der Waals surface area contributed by atoms with Crippen molar-refractivity contribution < 1.29 is 28.2 Å². The molecule has 0 N–H and O–H groups in total. The van der Waals surface area contributed by atoms with E-state index in [9.17, 15) is 0 Å². The third-order valence-corrected chi connectivity index (χ3v) is 15.6. The second kappa shape index (κ2) is 17.5. The summed E-state index contributed by atoms with van der Waals surface area (Å²) in [6.45, 7) is 8.80. The number of pyridine rings is 1. The molecule has 0 atom stereocenters. The van der Waals surface area contributed by atoms with Crippen LogP contribution in [0.15, 0.2) is 194 Å². The Hall–Kier alpha value is -7.33. The Balaban J connectivity index is 0.994. The molecular weight excluding hydrogens is 1050 g/mol. The van der Waals surface area contributed by atoms with E-state index in [0.717, 1.165) is 95.1 Å². The number of fused-ring (bicyclic) bond motifs is 5. The van der Waals surface area contributed by atoms with Gasteiger partial charge in [-0.25, -0.2) is 0 Å². The summed E-state index contributed by atoms with van der Waals surface area (Å²) in [5, 5.41) is 2.16. The van der Waals surface area contributed by atoms with Crippen molar-refractivity contribution in [3.05, 3.63) is 220 Å². The van der Waals surface area contributed by atoms with E-state index in [1.54, 1.807) is 12.3 Å². The van der Waals surface area contributed by atoms with Crippen LogP contribution in [-0.4, -0.2) is 18.7 Å². The van der Waals surface area contributed by atoms with Crippen molar-refractivity contribution in [1.82, 2.24) is 18.7 Å². The molecule has 0 fully saturated rings. The van der Waals surface area contributed by atoms with E-state index in [2.05, 4.69) is 219 Å². The number of aryl methyl sites for hydroxylation is 2. The number of para-hydroxylation sites is 3. The average molecular weight is 1110 g/mol. The van der Waals surface area contributed by atoms with E-state index in [0.29, 0.717) is 22.9 Å². The Morgan fingerprint density at radius 3 is 1.90 bits per heavy atom. The molecule has 0 bridgehead atoms. The molecule has 1 aliphatic carbocycles. The van der Waals surface area contributed by atoms with Crippen LogP contribution in [0.25, 0.3) is 83.4 Å². The first-order valence-electron chi connectivity index (χ1n) is 26.1. The molecule has 11 aromatic rings. The molecular formula is C65H56N4OPt. The summed E-state index contributed by atoms with van der Waals surface area (Å²) < 4.78 is 41.3. The summed E-state index contributed by atoms with van der Waals surface area (Å²) in [6.07, 6.45) is 5.00. The van der Waals surface area contributed by atoms with Crippen molar-refractivity contribution in [3.63, 3.8) is 0 Å². The first-order valence-corrected chi connectivity index (χ1v) is 25.7. The van der Waals surface area contributed by atoms with Gasteiger partial charge in [0.1, 0.15) is 0 Å². The topological polar surface area (TPSA) is 36.9 Å². The third-order valence-electron chi connectivity index (χ3n) is 14.6. The Morgan fingerprint density at radius 1 is 0.577 bits per heavy atom. The molecule has 0 amide bonds. The number of nitrogens with zero attached hydrogens (tertiary/aromatic N) is 4. The molecule has 1 aliphatic rings. The van der Waals surface area contributed by atoms with Gasteiger partial charge in [0.2, 0.25) is 0 Å². The quantitative estimate of drug-likeness (QED) is 0.152. The second-order valence-corrected chi connectivity index (χ2v) is 21.6. The van der Waals surface area contributed by atoms with E-state index in [4.69, 9.17) is 13.8 Å². The van der Waals surface area contributed by atoms with E-state index in [1.807, 2.05) is 30.3 Å². The third kappa shape index (κ3) is 7.92. The van der Waals surface area contributed by atoms with Crippen molar-refractivity contribution in [1.29, 1.82) is 0 Å². The van der Waals surface area contributed by atoms with Gasteiger partial charge in [0.15, 0.2) is 0 Å². The molecule has 0 spiro atoms. The van der Waals surface area contributed by atoms with E-state index in [-0.39, 0.29) is 16.4 Å². The molecule has 3 heterocycles. The Bertz CT molecular complexity index is 3970. The summed E-state index contributed by atoms with van der Waals surface area (Å²) in [4.78, 5) is 5.12. The Morgan fingerprint density at radius 2 is 1.21 bits per heavy atom. The first kappa shape index (κ1) is 41.5. The number of hydrogen-bond acceptors (Lipinski definition) is 2. The van der Waals surface area contributed by atoms with Crippen LogP contribution in [0.4, 0.5) is 0 Å². The molecule has 0 radical (unpaired) electrons. The molecule has 71 heavy (non-hydrogen) atoms. The fraction of sp³-hybridized carbons (Fsp3) is 0.169. The van der Waals surface area contributed by atoms with Crippen molar-refractivity contribution in [2.45, 2.75) is 71.6 Å². The molecule has 5 nitrogen and oxygen atoms in total. The summed E-state index contributed by atoms with van der Waals surface area (Å²) in [6, 6.07) is 65.7. The molecule has 0 unspecified atom stereocenters.